The number of benzene rings is 1. The fraction of sp³-hybridized carbons (Fsp3) is 0.231. The third-order valence-corrected chi connectivity index (χ3v) is 3.82. The molecule has 5 heteroatoms. The van der Waals surface area contributed by atoms with E-state index in [0.29, 0.717) is 26.7 Å². The zero-order valence-electron chi connectivity index (χ0n) is 10.0. The second-order valence-corrected chi connectivity index (χ2v) is 5.12. The summed E-state index contributed by atoms with van der Waals surface area (Å²) in [5.74, 6) is -1.20. The van der Waals surface area contributed by atoms with Gasteiger partial charge in [0.15, 0.2) is 0 Å². The molecule has 0 saturated carbocycles. The highest BCUT2D eigenvalue weighted by Gasteiger charge is 2.15. The molecular weight excluding hydrogens is 253 g/mol. The summed E-state index contributed by atoms with van der Waals surface area (Å²) in [6, 6.07) is 5.12. The lowest BCUT2D eigenvalue weighted by molar-refractivity contribution is -0.136. The Balaban J connectivity index is 2.46. The number of thiazole rings is 1. The van der Waals surface area contributed by atoms with Crippen molar-refractivity contribution in [2.75, 3.05) is 0 Å². The minimum absolute atomic E-state index is 0.0725. The van der Waals surface area contributed by atoms with Crippen LogP contribution in [0, 0.1) is 19.7 Å². The molecule has 0 aliphatic heterocycles. The van der Waals surface area contributed by atoms with Crippen LogP contribution < -0.4 is 0 Å². The predicted octanol–water partition coefficient (Wildman–Crippen LogP) is 3.19. The van der Waals surface area contributed by atoms with Crippen LogP contribution in [-0.4, -0.2) is 16.1 Å². The van der Waals surface area contributed by atoms with Gasteiger partial charge in [-0.2, -0.15) is 0 Å². The van der Waals surface area contributed by atoms with Crippen molar-refractivity contribution in [2.24, 2.45) is 0 Å². The van der Waals surface area contributed by atoms with Crippen molar-refractivity contribution in [3.8, 4) is 10.6 Å². The standard InChI is InChI=1S/C13H12FNO2S/c1-7-4-3-5-9(12(7)14)13-15-8(2)10(18-13)6-11(16)17/h3-5H,6H2,1-2H3,(H,16,17). The molecule has 0 saturated heterocycles. The first-order valence-corrected chi connectivity index (χ1v) is 6.24. The summed E-state index contributed by atoms with van der Waals surface area (Å²) < 4.78 is 13.9. The average molecular weight is 265 g/mol. The molecule has 1 heterocycles. The number of rotatable bonds is 3. The van der Waals surface area contributed by atoms with Gasteiger partial charge in [-0.1, -0.05) is 12.1 Å². The molecule has 94 valence electrons. The largest absolute Gasteiger partial charge is 0.481 e. The Morgan fingerprint density at radius 3 is 2.83 bits per heavy atom. The van der Waals surface area contributed by atoms with Gasteiger partial charge >= 0.3 is 5.97 Å². The van der Waals surface area contributed by atoms with Gasteiger partial charge in [0.05, 0.1) is 12.1 Å². The van der Waals surface area contributed by atoms with E-state index < -0.39 is 5.97 Å². The molecule has 1 aromatic heterocycles. The molecule has 1 aromatic carbocycles. The fourth-order valence-corrected chi connectivity index (χ4v) is 2.73. The van der Waals surface area contributed by atoms with Gasteiger partial charge in [0.25, 0.3) is 0 Å². The minimum atomic E-state index is -0.905. The Morgan fingerprint density at radius 2 is 2.17 bits per heavy atom. The molecule has 0 unspecified atom stereocenters. The van der Waals surface area contributed by atoms with Gasteiger partial charge in [0, 0.05) is 10.4 Å². The topological polar surface area (TPSA) is 50.2 Å². The Bertz CT molecular complexity index is 607. The van der Waals surface area contributed by atoms with Gasteiger partial charge in [-0.3, -0.25) is 4.79 Å². The van der Waals surface area contributed by atoms with E-state index in [1.165, 1.54) is 11.3 Å². The van der Waals surface area contributed by atoms with Gasteiger partial charge in [-0.25, -0.2) is 9.37 Å². The molecule has 0 aliphatic carbocycles. The normalized spacial score (nSPS) is 10.6. The van der Waals surface area contributed by atoms with Crippen LogP contribution in [0.15, 0.2) is 18.2 Å². The molecule has 1 N–H and O–H groups in total. The van der Waals surface area contributed by atoms with Crippen LogP contribution in [-0.2, 0) is 11.2 Å². The third kappa shape index (κ3) is 2.41. The molecule has 0 spiro atoms. The Hall–Kier alpha value is -1.75. The van der Waals surface area contributed by atoms with E-state index in [4.69, 9.17) is 5.11 Å². The van der Waals surface area contributed by atoms with E-state index >= 15 is 0 Å². The molecule has 3 nitrogen and oxygen atoms in total. The Labute approximate surface area is 108 Å². The van der Waals surface area contributed by atoms with Crippen LogP contribution in [0.5, 0.6) is 0 Å². The SMILES string of the molecule is Cc1cccc(-c2nc(C)c(CC(=O)O)s2)c1F. The maximum Gasteiger partial charge on any atom is 0.308 e. The highest BCUT2D eigenvalue weighted by molar-refractivity contribution is 7.15. The summed E-state index contributed by atoms with van der Waals surface area (Å²) >= 11 is 1.23. The zero-order chi connectivity index (χ0) is 13.3. The molecule has 0 aliphatic rings. The second-order valence-electron chi connectivity index (χ2n) is 4.03. The number of carboxylic acids is 1. The van der Waals surface area contributed by atoms with Crippen molar-refractivity contribution < 1.29 is 14.3 Å². The van der Waals surface area contributed by atoms with Crippen molar-refractivity contribution in [1.82, 2.24) is 4.98 Å². The molecule has 0 fully saturated rings. The van der Waals surface area contributed by atoms with E-state index in [9.17, 15) is 9.18 Å². The third-order valence-electron chi connectivity index (χ3n) is 2.63. The van der Waals surface area contributed by atoms with Crippen LogP contribution >= 0.6 is 11.3 Å². The molecule has 18 heavy (non-hydrogen) atoms. The van der Waals surface area contributed by atoms with Gasteiger partial charge < -0.3 is 5.11 Å². The molecular formula is C13H12FNO2S. The molecule has 2 rings (SSSR count). The number of carbonyl (C=O) groups is 1. The molecule has 2 aromatic rings. The first kappa shape index (κ1) is 12.7. The van der Waals surface area contributed by atoms with Crippen molar-refractivity contribution in [1.29, 1.82) is 0 Å². The van der Waals surface area contributed by atoms with Crippen molar-refractivity contribution in [3.63, 3.8) is 0 Å². The number of aromatic nitrogens is 1. The molecule has 0 amide bonds. The molecule has 0 bridgehead atoms. The maximum atomic E-state index is 13.9. The van der Waals surface area contributed by atoms with E-state index in [2.05, 4.69) is 4.98 Å². The van der Waals surface area contributed by atoms with Crippen LogP contribution in [0.1, 0.15) is 16.1 Å². The number of hydrogen-bond acceptors (Lipinski definition) is 3. The van der Waals surface area contributed by atoms with Crippen LogP contribution in [0.4, 0.5) is 4.39 Å². The highest BCUT2D eigenvalue weighted by atomic mass is 32.1. The highest BCUT2D eigenvalue weighted by Crippen LogP contribution is 2.31. The van der Waals surface area contributed by atoms with Crippen molar-refractivity contribution in [2.45, 2.75) is 20.3 Å². The van der Waals surface area contributed by atoms with Gasteiger partial charge in [0.2, 0.25) is 0 Å². The summed E-state index contributed by atoms with van der Waals surface area (Å²) in [5, 5.41) is 9.31. The lowest BCUT2D eigenvalue weighted by Crippen LogP contribution is -1.99. The van der Waals surface area contributed by atoms with Crippen molar-refractivity contribution in [3.05, 3.63) is 40.2 Å². The Kier molecular flexibility index (Phi) is 3.43. The summed E-state index contributed by atoms with van der Waals surface area (Å²) in [6.45, 7) is 3.43. The first-order valence-electron chi connectivity index (χ1n) is 5.42. The van der Waals surface area contributed by atoms with E-state index in [1.54, 1.807) is 32.0 Å². The minimum Gasteiger partial charge on any atom is -0.481 e. The van der Waals surface area contributed by atoms with Crippen LogP contribution in [0.25, 0.3) is 10.6 Å². The summed E-state index contributed by atoms with van der Waals surface area (Å²) in [7, 11) is 0. The molecule has 0 radical (unpaired) electrons. The number of halogens is 1. The number of aryl methyl sites for hydroxylation is 2. The lowest BCUT2D eigenvalue weighted by atomic mass is 10.1. The first-order chi connectivity index (χ1) is 8.49. The second kappa shape index (κ2) is 4.86. The number of hydrogen-bond donors (Lipinski definition) is 1. The zero-order valence-corrected chi connectivity index (χ0v) is 10.8. The summed E-state index contributed by atoms with van der Waals surface area (Å²) in [6.07, 6.45) is -0.0725. The predicted molar refractivity (Wildman–Crippen MR) is 68.3 cm³/mol. The van der Waals surface area contributed by atoms with E-state index in [-0.39, 0.29) is 12.2 Å². The lowest BCUT2D eigenvalue weighted by Gasteiger charge is -2.01. The average Bonchev–Trinajstić information content (AvgIpc) is 2.63. The van der Waals surface area contributed by atoms with E-state index in [0.717, 1.165) is 0 Å². The monoisotopic (exact) mass is 265 g/mol. The van der Waals surface area contributed by atoms with Gasteiger partial charge in [-0.15, -0.1) is 11.3 Å². The summed E-state index contributed by atoms with van der Waals surface area (Å²) in [5.41, 5.74) is 1.64. The van der Waals surface area contributed by atoms with Crippen LogP contribution in [0.2, 0.25) is 0 Å². The number of aliphatic carboxylic acids is 1. The fourth-order valence-electron chi connectivity index (χ4n) is 1.66. The number of carboxylic acid groups (broad SMARTS) is 1. The maximum absolute atomic E-state index is 13.9. The van der Waals surface area contributed by atoms with Crippen molar-refractivity contribution >= 4 is 17.3 Å². The van der Waals surface area contributed by atoms with Gasteiger partial charge in [-0.05, 0) is 25.5 Å². The molecule has 0 atom stereocenters. The van der Waals surface area contributed by atoms with Crippen LogP contribution in [0.3, 0.4) is 0 Å². The Morgan fingerprint density at radius 1 is 1.44 bits per heavy atom. The van der Waals surface area contributed by atoms with Gasteiger partial charge in [0.1, 0.15) is 10.8 Å². The quantitative estimate of drug-likeness (QED) is 0.927. The summed E-state index contributed by atoms with van der Waals surface area (Å²) in [4.78, 5) is 15.6. The van der Waals surface area contributed by atoms with E-state index in [1.807, 2.05) is 0 Å². The smallest absolute Gasteiger partial charge is 0.308 e. The number of nitrogens with zero attached hydrogens (tertiary/aromatic N) is 1.